The highest BCUT2D eigenvalue weighted by Gasteiger charge is 2.11. The number of benzene rings is 2. The third-order valence-corrected chi connectivity index (χ3v) is 4.13. The van der Waals surface area contributed by atoms with Crippen molar-refractivity contribution in [3.63, 3.8) is 0 Å². The summed E-state index contributed by atoms with van der Waals surface area (Å²) >= 11 is 8.57. The van der Waals surface area contributed by atoms with Gasteiger partial charge in [-0.1, -0.05) is 30.3 Å². The maximum Gasteiger partial charge on any atom is 0.257 e. The van der Waals surface area contributed by atoms with Crippen LogP contribution in [0.25, 0.3) is 0 Å². The highest BCUT2D eigenvalue weighted by atomic mass is 79.9. The van der Waals surface area contributed by atoms with E-state index in [9.17, 15) is 4.79 Å². The quantitative estimate of drug-likeness (QED) is 0.529. The molecule has 0 unspecified atom stereocenters. The lowest BCUT2D eigenvalue weighted by Gasteiger charge is -2.11. The summed E-state index contributed by atoms with van der Waals surface area (Å²) in [5, 5.41) is 5.96. The fourth-order valence-electron chi connectivity index (χ4n) is 1.99. The Kier molecular flexibility index (Phi) is 7.84. The van der Waals surface area contributed by atoms with Gasteiger partial charge in [-0.3, -0.25) is 10.1 Å². The summed E-state index contributed by atoms with van der Waals surface area (Å²) in [5.74, 6) is 0.369. The molecular weight excluding hydrogens is 404 g/mol. The van der Waals surface area contributed by atoms with Crippen molar-refractivity contribution in [2.45, 2.75) is 6.54 Å². The molecule has 0 saturated carbocycles. The van der Waals surface area contributed by atoms with Crippen molar-refractivity contribution >= 4 is 39.2 Å². The summed E-state index contributed by atoms with van der Waals surface area (Å²) in [6.45, 7) is 1.49. The van der Waals surface area contributed by atoms with Crippen molar-refractivity contribution in [1.82, 2.24) is 10.6 Å². The van der Waals surface area contributed by atoms with E-state index in [4.69, 9.17) is 21.7 Å². The second kappa shape index (κ2) is 10.1. The van der Waals surface area contributed by atoms with E-state index in [1.165, 1.54) is 0 Å². The molecule has 0 heterocycles. The molecule has 2 aromatic rings. The van der Waals surface area contributed by atoms with Crippen molar-refractivity contribution in [2.24, 2.45) is 0 Å². The van der Waals surface area contributed by atoms with Gasteiger partial charge in [0.15, 0.2) is 5.11 Å². The summed E-state index contributed by atoms with van der Waals surface area (Å²) < 4.78 is 11.2. The standard InChI is InChI=1S/C18H19BrN2O3S/c1-23-9-10-24-16-8-7-14(11-15(16)19)17(22)21-18(25)20-12-13-5-3-2-4-6-13/h2-8,11H,9-10,12H2,1H3,(H2,20,21,22,25). The number of halogens is 1. The average molecular weight is 423 g/mol. The van der Waals surface area contributed by atoms with E-state index in [0.29, 0.717) is 35.5 Å². The van der Waals surface area contributed by atoms with Crippen LogP contribution in [0.4, 0.5) is 0 Å². The lowest BCUT2D eigenvalue weighted by molar-refractivity contribution is 0.0976. The fraction of sp³-hybridized carbons (Fsp3) is 0.222. The van der Waals surface area contributed by atoms with Crippen LogP contribution in [0.3, 0.4) is 0 Å². The number of methoxy groups -OCH3 is 1. The second-order valence-electron chi connectivity index (χ2n) is 5.11. The molecule has 25 heavy (non-hydrogen) atoms. The topological polar surface area (TPSA) is 59.6 Å². The van der Waals surface area contributed by atoms with Crippen LogP contribution < -0.4 is 15.4 Å². The predicted octanol–water partition coefficient (Wildman–Crippen LogP) is 3.28. The van der Waals surface area contributed by atoms with Crippen molar-refractivity contribution in [3.8, 4) is 5.75 Å². The molecule has 0 radical (unpaired) electrons. The van der Waals surface area contributed by atoms with Crippen molar-refractivity contribution < 1.29 is 14.3 Å². The van der Waals surface area contributed by atoms with E-state index in [-0.39, 0.29) is 11.0 Å². The van der Waals surface area contributed by atoms with Crippen LogP contribution in [0.2, 0.25) is 0 Å². The minimum Gasteiger partial charge on any atom is -0.490 e. The van der Waals surface area contributed by atoms with E-state index in [0.717, 1.165) is 5.56 Å². The second-order valence-corrected chi connectivity index (χ2v) is 6.37. The largest absolute Gasteiger partial charge is 0.490 e. The lowest BCUT2D eigenvalue weighted by Crippen LogP contribution is -2.38. The SMILES string of the molecule is COCCOc1ccc(C(=O)NC(=S)NCc2ccccc2)cc1Br. The number of carbonyl (C=O) groups is 1. The van der Waals surface area contributed by atoms with E-state index in [1.807, 2.05) is 30.3 Å². The van der Waals surface area contributed by atoms with E-state index in [2.05, 4.69) is 26.6 Å². The molecule has 7 heteroatoms. The van der Waals surface area contributed by atoms with Crippen molar-refractivity contribution in [2.75, 3.05) is 20.3 Å². The van der Waals surface area contributed by atoms with Gasteiger partial charge in [-0.05, 0) is 51.9 Å². The molecule has 0 aliphatic rings. The Morgan fingerprint density at radius 2 is 1.92 bits per heavy atom. The van der Waals surface area contributed by atoms with Crippen LogP contribution in [0, 0.1) is 0 Å². The normalized spacial score (nSPS) is 10.2. The summed E-state index contributed by atoms with van der Waals surface area (Å²) in [5.41, 5.74) is 1.56. The van der Waals surface area contributed by atoms with E-state index < -0.39 is 0 Å². The van der Waals surface area contributed by atoms with Gasteiger partial charge >= 0.3 is 0 Å². The number of rotatable bonds is 7. The Morgan fingerprint density at radius 1 is 1.16 bits per heavy atom. The molecule has 2 aromatic carbocycles. The van der Waals surface area contributed by atoms with Crippen LogP contribution in [0.5, 0.6) is 5.75 Å². The highest BCUT2D eigenvalue weighted by molar-refractivity contribution is 9.10. The molecule has 2 N–H and O–H groups in total. The number of ether oxygens (including phenoxy) is 2. The molecule has 0 fully saturated rings. The molecule has 5 nitrogen and oxygen atoms in total. The molecule has 0 saturated heterocycles. The first-order chi connectivity index (χ1) is 12.1. The van der Waals surface area contributed by atoms with Crippen molar-refractivity contribution in [3.05, 3.63) is 64.1 Å². The first-order valence-electron chi connectivity index (χ1n) is 7.64. The van der Waals surface area contributed by atoms with Gasteiger partial charge in [0.05, 0.1) is 11.1 Å². The molecule has 0 atom stereocenters. The molecule has 0 spiro atoms. The van der Waals surface area contributed by atoms with Crippen LogP contribution in [0.1, 0.15) is 15.9 Å². The molecule has 0 aromatic heterocycles. The number of nitrogens with one attached hydrogen (secondary N) is 2. The van der Waals surface area contributed by atoms with Gasteiger partial charge in [-0.25, -0.2) is 0 Å². The highest BCUT2D eigenvalue weighted by Crippen LogP contribution is 2.26. The zero-order chi connectivity index (χ0) is 18.1. The fourth-order valence-corrected chi connectivity index (χ4v) is 2.65. The van der Waals surface area contributed by atoms with Crippen LogP contribution in [0.15, 0.2) is 53.0 Å². The minimum atomic E-state index is -0.283. The van der Waals surface area contributed by atoms with Crippen molar-refractivity contribution in [1.29, 1.82) is 0 Å². The third kappa shape index (κ3) is 6.45. The average Bonchev–Trinajstić information content (AvgIpc) is 2.62. The smallest absolute Gasteiger partial charge is 0.257 e. The van der Waals surface area contributed by atoms with Gasteiger partial charge in [0.2, 0.25) is 0 Å². The Labute approximate surface area is 160 Å². The Hall–Kier alpha value is -1.96. The third-order valence-electron chi connectivity index (χ3n) is 3.26. The van der Waals surface area contributed by atoms with Gasteiger partial charge in [-0.2, -0.15) is 0 Å². The lowest BCUT2D eigenvalue weighted by atomic mass is 10.2. The van der Waals surface area contributed by atoms with Gasteiger partial charge < -0.3 is 14.8 Å². The van der Waals surface area contributed by atoms with E-state index >= 15 is 0 Å². The number of hydrogen-bond donors (Lipinski definition) is 2. The molecule has 1 amide bonds. The van der Waals surface area contributed by atoms with E-state index in [1.54, 1.807) is 25.3 Å². The molecule has 0 bridgehead atoms. The summed E-state index contributed by atoms with van der Waals surface area (Å²) in [6.07, 6.45) is 0. The van der Waals surface area contributed by atoms with Gasteiger partial charge in [0.1, 0.15) is 12.4 Å². The zero-order valence-corrected chi connectivity index (χ0v) is 16.2. The number of thiocarbonyl (C=S) groups is 1. The van der Waals surface area contributed by atoms with Crippen LogP contribution >= 0.6 is 28.1 Å². The summed E-state index contributed by atoms with van der Waals surface area (Å²) in [4.78, 5) is 12.3. The molecule has 2 rings (SSSR count). The molecular formula is C18H19BrN2O3S. The van der Waals surface area contributed by atoms with Crippen LogP contribution in [-0.4, -0.2) is 31.3 Å². The number of amides is 1. The number of carbonyl (C=O) groups excluding carboxylic acids is 1. The monoisotopic (exact) mass is 422 g/mol. The molecule has 132 valence electrons. The molecule has 0 aliphatic heterocycles. The number of hydrogen-bond acceptors (Lipinski definition) is 4. The maximum absolute atomic E-state index is 12.3. The zero-order valence-electron chi connectivity index (χ0n) is 13.8. The Morgan fingerprint density at radius 3 is 2.60 bits per heavy atom. The first-order valence-corrected chi connectivity index (χ1v) is 8.84. The van der Waals surface area contributed by atoms with Gasteiger partial charge in [0, 0.05) is 19.2 Å². The predicted molar refractivity (Wildman–Crippen MR) is 105 cm³/mol. The Bertz CT molecular complexity index is 726. The van der Waals surface area contributed by atoms with Gasteiger partial charge in [0.25, 0.3) is 5.91 Å². The first kappa shape index (κ1) is 19.4. The van der Waals surface area contributed by atoms with Gasteiger partial charge in [-0.15, -0.1) is 0 Å². The summed E-state index contributed by atoms with van der Waals surface area (Å²) in [6, 6.07) is 14.9. The maximum atomic E-state index is 12.3. The van der Waals surface area contributed by atoms with Crippen LogP contribution in [-0.2, 0) is 11.3 Å². The molecule has 0 aliphatic carbocycles. The summed E-state index contributed by atoms with van der Waals surface area (Å²) in [7, 11) is 1.61. The Balaban J connectivity index is 1.87. The minimum absolute atomic E-state index is 0.283.